The summed E-state index contributed by atoms with van der Waals surface area (Å²) in [6.45, 7) is 0.889. The molecule has 0 amide bonds. The highest BCUT2D eigenvalue weighted by Gasteiger charge is 2.29. The zero-order chi connectivity index (χ0) is 17.2. The highest BCUT2D eigenvalue weighted by Crippen LogP contribution is 2.31. The molecule has 1 aliphatic rings. The Morgan fingerprint density at radius 1 is 0.958 bits per heavy atom. The Labute approximate surface area is 136 Å². The molecule has 24 heavy (non-hydrogen) atoms. The van der Waals surface area contributed by atoms with Gasteiger partial charge in [0, 0.05) is 5.56 Å². The van der Waals surface area contributed by atoms with E-state index in [9.17, 15) is 18.0 Å². The number of carbonyl (C=O) groups is 1. The van der Waals surface area contributed by atoms with Gasteiger partial charge in [-0.3, -0.25) is 4.79 Å². The number of rotatable bonds is 3. The molecular formula is C18H13F3O3. The number of ketones is 1. The van der Waals surface area contributed by atoms with Crippen LogP contribution in [0.25, 0.3) is 6.08 Å². The van der Waals surface area contributed by atoms with E-state index in [2.05, 4.69) is 0 Å². The third kappa shape index (κ3) is 3.59. The lowest BCUT2D eigenvalue weighted by Gasteiger charge is -2.18. The van der Waals surface area contributed by atoms with E-state index < -0.39 is 11.7 Å². The van der Waals surface area contributed by atoms with Crippen molar-refractivity contribution >= 4 is 11.9 Å². The smallest absolute Gasteiger partial charge is 0.416 e. The van der Waals surface area contributed by atoms with Gasteiger partial charge in [-0.2, -0.15) is 13.2 Å². The van der Waals surface area contributed by atoms with Gasteiger partial charge in [-0.1, -0.05) is 18.2 Å². The van der Waals surface area contributed by atoms with Crippen molar-refractivity contribution in [2.75, 3.05) is 13.2 Å². The average molecular weight is 334 g/mol. The van der Waals surface area contributed by atoms with E-state index in [0.29, 0.717) is 35.8 Å². The summed E-state index contributed by atoms with van der Waals surface area (Å²) in [6, 6.07) is 9.46. The van der Waals surface area contributed by atoms with Crippen molar-refractivity contribution in [1.29, 1.82) is 0 Å². The Morgan fingerprint density at radius 3 is 2.29 bits per heavy atom. The molecule has 3 nitrogen and oxygen atoms in total. The predicted molar refractivity (Wildman–Crippen MR) is 82.2 cm³/mol. The topological polar surface area (TPSA) is 35.5 Å². The van der Waals surface area contributed by atoms with Crippen LogP contribution in [0.4, 0.5) is 13.2 Å². The van der Waals surface area contributed by atoms with Crippen LogP contribution in [-0.2, 0) is 6.18 Å². The maximum atomic E-state index is 12.5. The predicted octanol–water partition coefficient (Wildman–Crippen LogP) is 4.37. The molecule has 0 spiro atoms. The Bertz CT molecular complexity index is 777. The van der Waals surface area contributed by atoms with Crippen LogP contribution in [0.5, 0.6) is 11.5 Å². The third-order valence-electron chi connectivity index (χ3n) is 3.49. The fourth-order valence-electron chi connectivity index (χ4n) is 2.25. The van der Waals surface area contributed by atoms with Crippen LogP contribution in [0, 0.1) is 0 Å². The lowest BCUT2D eigenvalue weighted by molar-refractivity contribution is -0.137. The van der Waals surface area contributed by atoms with Gasteiger partial charge < -0.3 is 9.47 Å². The van der Waals surface area contributed by atoms with E-state index in [0.717, 1.165) is 12.1 Å². The summed E-state index contributed by atoms with van der Waals surface area (Å²) in [5, 5.41) is 0. The van der Waals surface area contributed by atoms with E-state index in [1.54, 1.807) is 18.2 Å². The molecule has 0 fully saturated rings. The minimum atomic E-state index is -4.37. The quantitative estimate of drug-likeness (QED) is 0.617. The number of ether oxygens (including phenoxy) is 2. The number of hydrogen-bond acceptors (Lipinski definition) is 3. The maximum absolute atomic E-state index is 12.5. The third-order valence-corrected chi connectivity index (χ3v) is 3.49. The monoisotopic (exact) mass is 334 g/mol. The molecule has 3 rings (SSSR count). The van der Waals surface area contributed by atoms with Crippen molar-refractivity contribution < 1.29 is 27.4 Å². The Kier molecular flexibility index (Phi) is 4.29. The lowest BCUT2D eigenvalue weighted by Crippen LogP contribution is -2.15. The normalized spacial score (nSPS) is 14.0. The number of alkyl halides is 3. The van der Waals surface area contributed by atoms with E-state index in [-0.39, 0.29) is 5.78 Å². The molecule has 6 heteroatoms. The SMILES string of the molecule is O=C(/C=C/c1ccc(C(F)(F)F)cc1)c1ccc2c(c1)OCCO2. The van der Waals surface area contributed by atoms with Crippen LogP contribution < -0.4 is 9.47 Å². The van der Waals surface area contributed by atoms with Crippen LogP contribution >= 0.6 is 0 Å². The van der Waals surface area contributed by atoms with Crippen molar-refractivity contribution in [1.82, 2.24) is 0 Å². The molecule has 0 saturated heterocycles. The lowest BCUT2D eigenvalue weighted by atomic mass is 10.1. The summed E-state index contributed by atoms with van der Waals surface area (Å²) >= 11 is 0. The number of carbonyl (C=O) groups excluding carboxylic acids is 1. The highest BCUT2D eigenvalue weighted by atomic mass is 19.4. The molecule has 0 bridgehead atoms. The number of hydrogen-bond donors (Lipinski definition) is 0. The Morgan fingerprint density at radius 2 is 1.62 bits per heavy atom. The fourth-order valence-corrected chi connectivity index (χ4v) is 2.25. The number of benzene rings is 2. The van der Waals surface area contributed by atoms with Crippen molar-refractivity contribution in [3.63, 3.8) is 0 Å². The van der Waals surface area contributed by atoms with Gasteiger partial charge >= 0.3 is 6.18 Å². The zero-order valence-electron chi connectivity index (χ0n) is 12.5. The summed E-state index contributed by atoms with van der Waals surface area (Å²) in [4.78, 5) is 12.2. The average Bonchev–Trinajstić information content (AvgIpc) is 2.59. The van der Waals surface area contributed by atoms with Crippen molar-refractivity contribution in [2.24, 2.45) is 0 Å². The molecule has 0 atom stereocenters. The molecule has 0 aromatic heterocycles. The van der Waals surface area contributed by atoms with Gasteiger partial charge in [-0.15, -0.1) is 0 Å². The van der Waals surface area contributed by atoms with E-state index in [1.807, 2.05) is 0 Å². The van der Waals surface area contributed by atoms with Gasteiger partial charge in [0.05, 0.1) is 5.56 Å². The minimum Gasteiger partial charge on any atom is -0.486 e. The van der Waals surface area contributed by atoms with E-state index >= 15 is 0 Å². The van der Waals surface area contributed by atoms with Crippen LogP contribution in [0.3, 0.4) is 0 Å². The van der Waals surface area contributed by atoms with Crippen molar-refractivity contribution in [3.05, 3.63) is 65.2 Å². The fraction of sp³-hybridized carbons (Fsp3) is 0.167. The second kappa shape index (κ2) is 6.39. The van der Waals surface area contributed by atoms with E-state index in [1.165, 1.54) is 24.3 Å². The standard InChI is InChI=1S/C18H13F3O3/c19-18(20,21)14-5-1-12(2-6-14)3-7-15(22)13-4-8-16-17(11-13)24-10-9-23-16/h1-8,11H,9-10H2/b7-3+. The highest BCUT2D eigenvalue weighted by molar-refractivity contribution is 6.07. The zero-order valence-corrected chi connectivity index (χ0v) is 12.5. The maximum Gasteiger partial charge on any atom is 0.416 e. The minimum absolute atomic E-state index is 0.271. The van der Waals surface area contributed by atoms with Gasteiger partial charge in [0.1, 0.15) is 13.2 Å². The summed E-state index contributed by atoms with van der Waals surface area (Å²) in [5.74, 6) is 0.825. The number of allylic oxidation sites excluding steroid dienone is 1. The summed E-state index contributed by atoms with van der Waals surface area (Å²) < 4.78 is 48.3. The van der Waals surface area contributed by atoms with Gasteiger partial charge in [0.2, 0.25) is 0 Å². The molecule has 0 saturated carbocycles. The first kappa shape index (κ1) is 16.1. The molecule has 0 unspecified atom stereocenters. The first-order valence-electron chi connectivity index (χ1n) is 7.23. The molecule has 1 heterocycles. The molecule has 124 valence electrons. The Hall–Kier alpha value is -2.76. The number of halogens is 3. The summed E-state index contributed by atoms with van der Waals surface area (Å²) in [6.07, 6.45) is -1.59. The molecule has 1 aliphatic heterocycles. The molecule has 0 N–H and O–H groups in total. The second-order valence-electron chi connectivity index (χ2n) is 5.18. The van der Waals surface area contributed by atoms with Crippen molar-refractivity contribution in [2.45, 2.75) is 6.18 Å². The molecule has 0 aliphatic carbocycles. The van der Waals surface area contributed by atoms with Gasteiger partial charge in [-0.05, 0) is 42.0 Å². The van der Waals surface area contributed by atoms with E-state index in [4.69, 9.17) is 9.47 Å². The van der Waals surface area contributed by atoms with Crippen LogP contribution in [0.1, 0.15) is 21.5 Å². The largest absolute Gasteiger partial charge is 0.486 e. The first-order valence-corrected chi connectivity index (χ1v) is 7.23. The van der Waals surface area contributed by atoms with Crippen LogP contribution in [-0.4, -0.2) is 19.0 Å². The van der Waals surface area contributed by atoms with Crippen molar-refractivity contribution in [3.8, 4) is 11.5 Å². The number of fused-ring (bicyclic) bond motifs is 1. The molecule has 2 aromatic rings. The molecular weight excluding hydrogens is 321 g/mol. The second-order valence-corrected chi connectivity index (χ2v) is 5.18. The molecule has 2 aromatic carbocycles. The summed E-state index contributed by atoms with van der Waals surface area (Å²) in [7, 11) is 0. The molecule has 0 radical (unpaired) electrons. The van der Waals surface area contributed by atoms with Crippen LogP contribution in [0.15, 0.2) is 48.5 Å². The van der Waals surface area contributed by atoms with Gasteiger partial charge in [-0.25, -0.2) is 0 Å². The van der Waals surface area contributed by atoms with Gasteiger partial charge in [0.15, 0.2) is 17.3 Å². The Balaban J connectivity index is 1.73. The van der Waals surface area contributed by atoms with Gasteiger partial charge in [0.25, 0.3) is 0 Å². The summed E-state index contributed by atoms with van der Waals surface area (Å²) in [5.41, 5.74) is 0.203. The first-order chi connectivity index (χ1) is 11.4. The van der Waals surface area contributed by atoms with Crippen LogP contribution in [0.2, 0.25) is 0 Å².